The van der Waals surface area contributed by atoms with Gasteiger partial charge >= 0.3 is 0 Å². The van der Waals surface area contributed by atoms with E-state index in [1.807, 2.05) is 41.3 Å². The molecular formula is C22H20N4O2. The SMILES string of the molecule is O=C1NCc2ccc(-c3cccc4c(C(=O)N5CC6(CCC6)C5)cnn34)cc21. The molecule has 1 N–H and O–H groups in total. The van der Waals surface area contributed by atoms with Crippen molar-refractivity contribution in [2.24, 2.45) is 5.41 Å². The minimum Gasteiger partial charge on any atom is -0.348 e. The number of fused-ring (bicyclic) bond motifs is 2. The minimum absolute atomic E-state index is 0.0388. The quantitative estimate of drug-likeness (QED) is 0.752. The van der Waals surface area contributed by atoms with E-state index in [0.717, 1.165) is 35.4 Å². The fraction of sp³-hybridized carbons (Fsp3) is 0.318. The van der Waals surface area contributed by atoms with Crippen molar-refractivity contribution in [3.05, 3.63) is 59.3 Å². The van der Waals surface area contributed by atoms with Crippen LogP contribution in [0.25, 0.3) is 16.8 Å². The first-order valence-corrected chi connectivity index (χ1v) is 9.81. The van der Waals surface area contributed by atoms with E-state index >= 15 is 0 Å². The van der Waals surface area contributed by atoms with Gasteiger partial charge in [0.25, 0.3) is 11.8 Å². The van der Waals surface area contributed by atoms with E-state index in [4.69, 9.17) is 0 Å². The zero-order valence-corrected chi connectivity index (χ0v) is 15.4. The van der Waals surface area contributed by atoms with Gasteiger partial charge in [0, 0.05) is 36.2 Å². The van der Waals surface area contributed by atoms with E-state index in [-0.39, 0.29) is 11.8 Å². The topological polar surface area (TPSA) is 66.7 Å². The molecule has 28 heavy (non-hydrogen) atoms. The molecule has 0 bridgehead atoms. The molecule has 2 amide bonds. The summed E-state index contributed by atoms with van der Waals surface area (Å²) in [5.74, 6) is 0.0288. The average molecular weight is 372 g/mol. The number of nitrogens with zero attached hydrogens (tertiary/aromatic N) is 3. The third-order valence-electron chi connectivity index (χ3n) is 6.62. The van der Waals surface area contributed by atoms with Crippen molar-refractivity contribution in [1.82, 2.24) is 19.8 Å². The lowest BCUT2D eigenvalue weighted by Gasteiger charge is -2.55. The Morgan fingerprint density at radius 1 is 1.14 bits per heavy atom. The molecule has 2 fully saturated rings. The number of benzene rings is 1. The summed E-state index contributed by atoms with van der Waals surface area (Å²) in [7, 11) is 0. The highest BCUT2D eigenvalue weighted by Crippen LogP contribution is 2.48. The lowest BCUT2D eigenvalue weighted by molar-refractivity contribution is -0.0425. The monoisotopic (exact) mass is 372 g/mol. The number of carbonyl (C=O) groups excluding carboxylic acids is 2. The third-order valence-corrected chi connectivity index (χ3v) is 6.62. The Kier molecular flexibility index (Phi) is 3.08. The number of rotatable bonds is 2. The second kappa shape index (κ2) is 5.44. The molecule has 2 aromatic heterocycles. The second-order valence-corrected chi connectivity index (χ2v) is 8.34. The molecule has 1 spiro atoms. The number of aromatic nitrogens is 2. The maximum atomic E-state index is 13.0. The normalized spacial score (nSPS) is 19.3. The Morgan fingerprint density at radius 3 is 2.79 bits per heavy atom. The first kappa shape index (κ1) is 15.9. The summed E-state index contributed by atoms with van der Waals surface area (Å²) >= 11 is 0. The number of carbonyl (C=O) groups is 2. The molecule has 6 rings (SSSR count). The smallest absolute Gasteiger partial charge is 0.257 e. The van der Waals surface area contributed by atoms with Gasteiger partial charge in [0.1, 0.15) is 0 Å². The standard InChI is InChI=1S/C22H20N4O2/c27-20-16-9-14(5-6-15(16)10-23-20)18-3-1-4-19-17(11-24-26(18)19)21(28)25-12-22(13-25)7-2-8-22/h1,3-6,9,11H,2,7-8,10,12-13H2,(H,23,27). The predicted octanol–water partition coefficient (Wildman–Crippen LogP) is 2.87. The van der Waals surface area contributed by atoms with Crippen molar-refractivity contribution in [2.75, 3.05) is 13.1 Å². The van der Waals surface area contributed by atoms with E-state index in [1.165, 1.54) is 19.3 Å². The van der Waals surface area contributed by atoms with Crippen LogP contribution in [0.2, 0.25) is 0 Å². The molecule has 0 atom stereocenters. The highest BCUT2D eigenvalue weighted by atomic mass is 16.2. The molecule has 140 valence electrons. The molecule has 1 aromatic carbocycles. The van der Waals surface area contributed by atoms with Crippen LogP contribution >= 0.6 is 0 Å². The largest absolute Gasteiger partial charge is 0.348 e. The Morgan fingerprint density at radius 2 is 2.00 bits per heavy atom. The van der Waals surface area contributed by atoms with E-state index in [9.17, 15) is 9.59 Å². The van der Waals surface area contributed by atoms with Gasteiger partial charge in [-0.1, -0.05) is 24.6 Å². The Labute approximate surface area is 162 Å². The maximum Gasteiger partial charge on any atom is 0.257 e. The zero-order valence-electron chi connectivity index (χ0n) is 15.4. The fourth-order valence-corrected chi connectivity index (χ4v) is 4.84. The molecule has 1 aliphatic carbocycles. The Hall–Kier alpha value is -3.15. The zero-order chi connectivity index (χ0) is 18.9. The van der Waals surface area contributed by atoms with Gasteiger partial charge in [-0.3, -0.25) is 9.59 Å². The molecule has 1 saturated carbocycles. The van der Waals surface area contributed by atoms with Gasteiger partial charge in [0.2, 0.25) is 0 Å². The van der Waals surface area contributed by atoms with Gasteiger partial charge in [-0.05, 0) is 36.6 Å². The summed E-state index contributed by atoms with van der Waals surface area (Å²) in [6.07, 6.45) is 5.47. The molecule has 0 unspecified atom stereocenters. The summed E-state index contributed by atoms with van der Waals surface area (Å²) < 4.78 is 1.81. The van der Waals surface area contributed by atoms with Crippen molar-refractivity contribution >= 4 is 17.3 Å². The molecule has 2 aliphatic heterocycles. The van der Waals surface area contributed by atoms with E-state index in [0.29, 0.717) is 23.1 Å². The van der Waals surface area contributed by atoms with Crippen LogP contribution in [0, 0.1) is 5.41 Å². The van der Waals surface area contributed by atoms with E-state index in [1.54, 1.807) is 10.7 Å². The first-order valence-electron chi connectivity index (χ1n) is 9.81. The van der Waals surface area contributed by atoms with Crippen LogP contribution in [0.4, 0.5) is 0 Å². The summed E-state index contributed by atoms with van der Waals surface area (Å²) in [4.78, 5) is 27.0. The maximum absolute atomic E-state index is 13.0. The molecule has 4 heterocycles. The van der Waals surface area contributed by atoms with Crippen molar-refractivity contribution < 1.29 is 9.59 Å². The highest BCUT2D eigenvalue weighted by Gasteiger charge is 2.49. The lowest BCUT2D eigenvalue weighted by atomic mass is 9.63. The van der Waals surface area contributed by atoms with Crippen molar-refractivity contribution in [3.8, 4) is 11.3 Å². The van der Waals surface area contributed by atoms with Crippen molar-refractivity contribution in [3.63, 3.8) is 0 Å². The summed E-state index contributed by atoms with van der Waals surface area (Å²) in [6.45, 7) is 2.34. The molecular weight excluding hydrogens is 352 g/mol. The number of nitrogens with one attached hydrogen (secondary N) is 1. The summed E-state index contributed by atoms with van der Waals surface area (Å²) in [5.41, 5.74) is 5.38. The van der Waals surface area contributed by atoms with Gasteiger partial charge in [-0.2, -0.15) is 5.10 Å². The molecule has 1 saturated heterocycles. The van der Waals surface area contributed by atoms with Crippen LogP contribution in [-0.2, 0) is 6.54 Å². The Bertz CT molecular complexity index is 1150. The molecule has 3 aliphatic rings. The lowest BCUT2D eigenvalue weighted by Crippen LogP contribution is -2.61. The van der Waals surface area contributed by atoms with E-state index in [2.05, 4.69) is 10.4 Å². The van der Waals surface area contributed by atoms with Gasteiger partial charge in [-0.15, -0.1) is 0 Å². The minimum atomic E-state index is -0.0388. The number of pyridine rings is 1. The summed E-state index contributed by atoms with van der Waals surface area (Å²) in [5, 5.41) is 7.36. The molecule has 3 aromatic rings. The number of amides is 2. The molecule has 6 heteroatoms. The molecule has 6 nitrogen and oxygen atoms in total. The van der Waals surface area contributed by atoms with Crippen LogP contribution in [0.5, 0.6) is 0 Å². The number of likely N-dealkylation sites (tertiary alicyclic amines) is 1. The summed E-state index contributed by atoms with van der Waals surface area (Å²) in [6, 6.07) is 11.7. The van der Waals surface area contributed by atoms with Crippen LogP contribution in [-0.4, -0.2) is 39.4 Å². The Balaban J connectivity index is 1.37. The fourth-order valence-electron chi connectivity index (χ4n) is 4.84. The van der Waals surface area contributed by atoms with Crippen LogP contribution < -0.4 is 5.32 Å². The number of hydrogen-bond donors (Lipinski definition) is 1. The van der Waals surface area contributed by atoms with Gasteiger partial charge in [0.05, 0.1) is 23.0 Å². The average Bonchev–Trinajstić information content (AvgIpc) is 3.23. The third kappa shape index (κ3) is 2.11. The van der Waals surface area contributed by atoms with Gasteiger partial charge in [0.15, 0.2) is 0 Å². The van der Waals surface area contributed by atoms with Gasteiger partial charge < -0.3 is 10.2 Å². The van der Waals surface area contributed by atoms with Crippen LogP contribution in [0.15, 0.2) is 42.6 Å². The van der Waals surface area contributed by atoms with Crippen molar-refractivity contribution in [2.45, 2.75) is 25.8 Å². The van der Waals surface area contributed by atoms with Crippen LogP contribution in [0.3, 0.4) is 0 Å². The second-order valence-electron chi connectivity index (χ2n) is 8.34. The predicted molar refractivity (Wildman–Crippen MR) is 104 cm³/mol. The number of hydrogen-bond acceptors (Lipinski definition) is 3. The van der Waals surface area contributed by atoms with Crippen LogP contribution in [0.1, 0.15) is 45.5 Å². The van der Waals surface area contributed by atoms with E-state index < -0.39 is 0 Å². The highest BCUT2D eigenvalue weighted by molar-refractivity contribution is 6.02. The molecule has 0 radical (unpaired) electrons. The van der Waals surface area contributed by atoms with Crippen molar-refractivity contribution in [1.29, 1.82) is 0 Å². The first-order chi connectivity index (χ1) is 13.6. The van der Waals surface area contributed by atoms with Gasteiger partial charge in [-0.25, -0.2) is 4.52 Å².